The number of hydrogen-bond acceptors (Lipinski definition) is 3. The van der Waals surface area contributed by atoms with Gasteiger partial charge in [0, 0.05) is 13.2 Å². The number of benzene rings is 1. The number of hydrogen-bond donors (Lipinski definition) is 0. The van der Waals surface area contributed by atoms with Gasteiger partial charge in [0.05, 0.1) is 43.2 Å². The van der Waals surface area contributed by atoms with Gasteiger partial charge in [-0.25, -0.2) is 19.0 Å². The Morgan fingerprint density at radius 1 is 1.03 bits per heavy atom. The molecule has 33 heavy (non-hydrogen) atoms. The Morgan fingerprint density at radius 3 is 2.21 bits per heavy atom. The number of imidazole rings is 2. The van der Waals surface area contributed by atoms with Crippen molar-refractivity contribution in [1.29, 1.82) is 0 Å². The Bertz CT molecular complexity index is 1140. The fourth-order valence-electron chi connectivity index (χ4n) is 5.23. The molecule has 0 radical (unpaired) electrons. The zero-order valence-corrected chi connectivity index (χ0v) is 21.6. The minimum Gasteiger partial charge on any atom is -0.336 e. The Kier molecular flexibility index (Phi) is 5.89. The van der Waals surface area contributed by atoms with Crippen molar-refractivity contribution in [2.75, 3.05) is 4.90 Å². The van der Waals surface area contributed by atoms with Crippen LogP contribution < -0.4 is 9.47 Å². The van der Waals surface area contributed by atoms with Gasteiger partial charge in [0.25, 0.3) is 0 Å². The predicted octanol–water partition coefficient (Wildman–Crippen LogP) is 5.16. The zero-order chi connectivity index (χ0) is 24.1. The van der Waals surface area contributed by atoms with Crippen LogP contribution in [0.5, 0.6) is 0 Å². The quantitative estimate of drug-likeness (QED) is 0.490. The van der Waals surface area contributed by atoms with E-state index in [4.69, 9.17) is 0 Å². The van der Waals surface area contributed by atoms with Gasteiger partial charge >= 0.3 is 5.95 Å². The molecule has 0 spiro atoms. The minimum atomic E-state index is -0.204. The van der Waals surface area contributed by atoms with Gasteiger partial charge in [0.15, 0.2) is 6.17 Å². The summed E-state index contributed by atoms with van der Waals surface area (Å²) in [5, 5.41) is 0. The summed E-state index contributed by atoms with van der Waals surface area (Å²) in [4.78, 5) is 9.15. The van der Waals surface area contributed by atoms with Crippen molar-refractivity contribution in [2.24, 2.45) is 14.1 Å². The maximum atomic E-state index is 4.36. The summed E-state index contributed by atoms with van der Waals surface area (Å²) in [7, 11) is 4.20. The Balaban J connectivity index is 1.80. The number of aryl methyl sites for hydroxylation is 2. The Hall–Kier alpha value is -3.02. The van der Waals surface area contributed by atoms with Crippen LogP contribution in [0.2, 0.25) is 0 Å². The summed E-state index contributed by atoms with van der Waals surface area (Å²) in [6, 6.07) is 6.75. The summed E-state index contributed by atoms with van der Waals surface area (Å²) in [6.45, 7) is 15.9. The van der Waals surface area contributed by atoms with Crippen LogP contribution in [0.15, 0.2) is 55.5 Å². The van der Waals surface area contributed by atoms with E-state index in [0.717, 1.165) is 5.95 Å². The standard InChI is InChI=1S/C27H39N6/c1-19(2)22-11-10-12-23(20(3)4)25(22)32-14-13-29(8)26(32)31-15-16-33(21(31)5)27(6,7)24-17-28-18-30(24)9/h10-21H,1-9H3/q+1/t21-/m1/s1. The molecular weight excluding hydrogens is 408 g/mol. The Labute approximate surface area is 198 Å². The number of para-hydroxylation sites is 1. The maximum absolute atomic E-state index is 4.36. The third kappa shape index (κ3) is 3.75. The lowest BCUT2D eigenvalue weighted by atomic mass is 9.92. The largest absolute Gasteiger partial charge is 0.370 e. The lowest BCUT2D eigenvalue weighted by molar-refractivity contribution is -0.657. The molecule has 0 saturated carbocycles. The number of anilines is 1. The van der Waals surface area contributed by atoms with Gasteiger partial charge in [0.2, 0.25) is 0 Å². The van der Waals surface area contributed by atoms with E-state index in [-0.39, 0.29) is 11.7 Å². The van der Waals surface area contributed by atoms with Crippen molar-refractivity contribution in [2.45, 2.75) is 72.0 Å². The monoisotopic (exact) mass is 447 g/mol. The van der Waals surface area contributed by atoms with E-state index in [1.54, 1.807) is 0 Å². The Morgan fingerprint density at radius 2 is 1.67 bits per heavy atom. The summed E-state index contributed by atoms with van der Waals surface area (Å²) >= 11 is 0. The average molecular weight is 448 g/mol. The van der Waals surface area contributed by atoms with Crippen molar-refractivity contribution in [3.8, 4) is 5.69 Å². The molecule has 1 aliphatic rings. The molecule has 4 rings (SSSR count). The minimum absolute atomic E-state index is 0.142. The molecule has 3 aromatic rings. The van der Waals surface area contributed by atoms with Crippen molar-refractivity contribution >= 4 is 5.95 Å². The first-order chi connectivity index (χ1) is 15.6. The predicted molar refractivity (Wildman–Crippen MR) is 134 cm³/mol. The van der Waals surface area contributed by atoms with Crippen LogP contribution in [0.3, 0.4) is 0 Å². The lowest BCUT2D eigenvalue weighted by Gasteiger charge is -2.39. The van der Waals surface area contributed by atoms with E-state index < -0.39 is 0 Å². The fourth-order valence-corrected chi connectivity index (χ4v) is 5.23. The van der Waals surface area contributed by atoms with Crippen LogP contribution in [0.1, 0.15) is 77.1 Å². The maximum Gasteiger partial charge on any atom is 0.370 e. The first-order valence-electron chi connectivity index (χ1n) is 12.0. The molecular formula is C27H39N6+. The number of rotatable bonds is 6. The SMILES string of the molecule is CC(C)c1cccc(C(C)C)c1-n1cc[n+](C)c1N1C=CN(C(C)(C)c2cncn2C)[C@@H]1C. The molecule has 1 aliphatic heterocycles. The summed E-state index contributed by atoms with van der Waals surface area (Å²) in [5.41, 5.74) is 5.05. The molecule has 6 heteroatoms. The molecule has 0 N–H and O–H groups in total. The van der Waals surface area contributed by atoms with E-state index in [0.29, 0.717) is 11.8 Å². The topological polar surface area (TPSA) is 33.1 Å². The molecule has 2 aromatic heterocycles. The smallest absolute Gasteiger partial charge is 0.336 e. The molecule has 6 nitrogen and oxygen atoms in total. The number of aromatic nitrogens is 4. The lowest BCUT2D eigenvalue weighted by Crippen LogP contribution is -2.49. The van der Waals surface area contributed by atoms with Gasteiger partial charge in [-0.3, -0.25) is 0 Å². The van der Waals surface area contributed by atoms with Crippen LogP contribution >= 0.6 is 0 Å². The van der Waals surface area contributed by atoms with Crippen molar-refractivity contribution in [1.82, 2.24) is 19.0 Å². The van der Waals surface area contributed by atoms with Crippen molar-refractivity contribution in [3.63, 3.8) is 0 Å². The van der Waals surface area contributed by atoms with Crippen molar-refractivity contribution in [3.05, 3.63) is 72.3 Å². The van der Waals surface area contributed by atoms with E-state index in [1.165, 1.54) is 22.5 Å². The third-order valence-corrected chi connectivity index (χ3v) is 7.07. The highest BCUT2D eigenvalue weighted by atomic mass is 15.5. The fraction of sp³-hybridized carbons (Fsp3) is 0.481. The molecule has 3 heterocycles. The molecule has 1 atom stereocenters. The van der Waals surface area contributed by atoms with Crippen LogP contribution in [-0.4, -0.2) is 25.2 Å². The first kappa shape index (κ1) is 23.1. The zero-order valence-electron chi connectivity index (χ0n) is 21.6. The van der Waals surface area contributed by atoms with Gasteiger partial charge in [-0.1, -0.05) is 45.9 Å². The third-order valence-electron chi connectivity index (χ3n) is 7.07. The van der Waals surface area contributed by atoms with Gasteiger partial charge in [-0.05, 0) is 43.7 Å². The second-order valence-electron chi connectivity index (χ2n) is 10.4. The number of nitrogens with zero attached hydrogens (tertiary/aromatic N) is 6. The van der Waals surface area contributed by atoms with Gasteiger partial charge in [0.1, 0.15) is 11.9 Å². The molecule has 0 unspecified atom stereocenters. The normalized spacial score (nSPS) is 16.6. The van der Waals surface area contributed by atoms with Crippen LogP contribution in [0, 0.1) is 0 Å². The molecule has 1 aromatic carbocycles. The molecule has 0 aliphatic carbocycles. The second-order valence-corrected chi connectivity index (χ2v) is 10.4. The van der Waals surface area contributed by atoms with Crippen LogP contribution in [0.25, 0.3) is 5.69 Å². The summed E-state index contributed by atoms with van der Waals surface area (Å²) in [6.07, 6.45) is 12.8. The molecule has 176 valence electrons. The first-order valence-corrected chi connectivity index (χ1v) is 12.0. The van der Waals surface area contributed by atoms with E-state index in [1.807, 2.05) is 12.5 Å². The van der Waals surface area contributed by atoms with E-state index in [2.05, 4.69) is 134 Å². The molecule has 0 bridgehead atoms. The van der Waals surface area contributed by atoms with Crippen LogP contribution in [0.4, 0.5) is 5.95 Å². The van der Waals surface area contributed by atoms with Gasteiger partial charge in [-0.2, -0.15) is 0 Å². The highest BCUT2D eigenvalue weighted by molar-refractivity contribution is 5.55. The average Bonchev–Trinajstić information content (AvgIpc) is 3.45. The molecule has 0 saturated heterocycles. The van der Waals surface area contributed by atoms with Gasteiger partial charge in [-0.15, -0.1) is 0 Å². The van der Waals surface area contributed by atoms with Crippen molar-refractivity contribution < 1.29 is 4.57 Å². The highest BCUT2D eigenvalue weighted by Gasteiger charge is 2.42. The molecule has 0 fully saturated rings. The van der Waals surface area contributed by atoms with E-state index in [9.17, 15) is 0 Å². The molecule has 0 amide bonds. The van der Waals surface area contributed by atoms with E-state index >= 15 is 0 Å². The van der Waals surface area contributed by atoms with Gasteiger partial charge < -0.3 is 9.47 Å². The highest BCUT2D eigenvalue weighted by Crippen LogP contribution is 2.37. The van der Waals surface area contributed by atoms with Crippen LogP contribution in [-0.2, 0) is 19.6 Å². The summed E-state index contributed by atoms with van der Waals surface area (Å²) < 4.78 is 6.72. The summed E-state index contributed by atoms with van der Waals surface area (Å²) in [5.74, 6) is 2.02. The second kappa shape index (κ2) is 8.40.